The van der Waals surface area contributed by atoms with Crippen LogP contribution in [-0.2, 0) is 4.79 Å². The zero-order valence-electron chi connectivity index (χ0n) is 14.1. The molecule has 0 saturated heterocycles. The molecule has 2 aromatic carbocycles. The highest BCUT2D eigenvalue weighted by Crippen LogP contribution is 2.34. The van der Waals surface area contributed by atoms with E-state index in [2.05, 4.69) is 23.5 Å². The van der Waals surface area contributed by atoms with Gasteiger partial charge in [-0.25, -0.2) is 0 Å². The van der Waals surface area contributed by atoms with Crippen LogP contribution in [0.25, 0.3) is 6.08 Å². The smallest absolute Gasteiger partial charge is 0.244 e. The summed E-state index contributed by atoms with van der Waals surface area (Å²) in [7, 11) is 0. The van der Waals surface area contributed by atoms with Crippen molar-refractivity contribution in [3.8, 4) is 11.5 Å². The lowest BCUT2D eigenvalue weighted by molar-refractivity contribution is -0.117. The van der Waals surface area contributed by atoms with Crippen LogP contribution in [0.5, 0.6) is 11.5 Å². The van der Waals surface area contributed by atoms with Crippen molar-refractivity contribution in [2.24, 2.45) is 0 Å². The first-order valence-corrected chi connectivity index (χ1v) is 7.98. The summed E-state index contributed by atoms with van der Waals surface area (Å²) in [6.07, 6.45) is 3.40. The maximum atomic E-state index is 12.1. The summed E-state index contributed by atoms with van der Waals surface area (Å²) in [5, 5.41) is 2.96. The number of fused-ring (bicyclic) bond motifs is 1. The van der Waals surface area contributed by atoms with Gasteiger partial charge in [0.2, 0.25) is 12.7 Å². The van der Waals surface area contributed by atoms with E-state index in [0.717, 1.165) is 22.6 Å². The Balaban J connectivity index is 1.64. The minimum Gasteiger partial charge on any atom is -0.454 e. The fraction of sp³-hybridized carbons (Fsp3) is 0.250. The quantitative estimate of drug-likeness (QED) is 0.868. The van der Waals surface area contributed by atoms with E-state index in [4.69, 9.17) is 9.47 Å². The molecule has 4 heteroatoms. The first-order valence-electron chi connectivity index (χ1n) is 7.98. The van der Waals surface area contributed by atoms with Crippen LogP contribution < -0.4 is 14.8 Å². The van der Waals surface area contributed by atoms with Crippen LogP contribution >= 0.6 is 0 Å². The summed E-state index contributed by atoms with van der Waals surface area (Å²) in [6.45, 7) is 6.29. The molecule has 1 heterocycles. The molecule has 124 valence electrons. The molecular formula is C20H21NO3. The Labute approximate surface area is 142 Å². The van der Waals surface area contributed by atoms with Crippen molar-refractivity contribution in [2.45, 2.75) is 26.8 Å². The third-order valence-corrected chi connectivity index (χ3v) is 3.93. The Morgan fingerprint density at radius 3 is 2.54 bits per heavy atom. The predicted octanol–water partition coefficient (Wildman–Crippen LogP) is 3.92. The van der Waals surface area contributed by atoms with Crippen LogP contribution in [0.2, 0.25) is 0 Å². The number of amides is 1. The van der Waals surface area contributed by atoms with Gasteiger partial charge < -0.3 is 14.8 Å². The fourth-order valence-corrected chi connectivity index (χ4v) is 2.81. The molecule has 0 saturated carbocycles. The van der Waals surface area contributed by atoms with Crippen LogP contribution in [0.1, 0.15) is 35.2 Å². The Morgan fingerprint density at radius 2 is 1.79 bits per heavy atom. The van der Waals surface area contributed by atoms with Gasteiger partial charge in [0, 0.05) is 6.08 Å². The number of rotatable bonds is 4. The van der Waals surface area contributed by atoms with E-state index in [0.29, 0.717) is 0 Å². The van der Waals surface area contributed by atoms with Crippen molar-refractivity contribution in [2.75, 3.05) is 6.79 Å². The summed E-state index contributed by atoms with van der Waals surface area (Å²) in [4.78, 5) is 12.1. The highest BCUT2D eigenvalue weighted by Gasteiger charge is 2.16. The number of hydrogen-bond donors (Lipinski definition) is 1. The number of aryl methyl sites for hydroxylation is 2. The van der Waals surface area contributed by atoms with Crippen molar-refractivity contribution >= 4 is 12.0 Å². The standard InChI is InChI=1S/C20H21NO3/c1-13-8-14(2)10-16(9-13)4-7-20(22)21-15(3)17-5-6-18-19(11-17)24-12-23-18/h4-11,15H,12H2,1-3H3,(H,21,22)/b7-4+. The van der Waals surface area contributed by atoms with Crippen LogP contribution in [0.15, 0.2) is 42.5 Å². The van der Waals surface area contributed by atoms with Gasteiger partial charge in [0.1, 0.15) is 0 Å². The lowest BCUT2D eigenvalue weighted by Crippen LogP contribution is -2.24. The Morgan fingerprint density at radius 1 is 1.08 bits per heavy atom. The summed E-state index contributed by atoms with van der Waals surface area (Å²) in [5.41, 5.74) is 4.37. The van der Waals surface area contributed by atoms with Crippen molar-refractivity contribution in [1.82, 2.24) is 5.32 Å². The number of benzene rings is 2. The van der Waals surface area contributed by atoms with Crippen LogP contribution in [0.4, 0.5) is 0 Å². The van der Waals surface area contributed by atoms with Gasteiger partial charge in [-0.3, -0.25) is 4.79 Å². The fourth-order valence-electron chi connectivity index (χ4n) is 2.81. The summed E-state index contributed by atoms with van der Waals surface area (Å²) in [5.74, 6) is 1.34. The minimum absolute atomic E-state index is 0.115. The van der Waals surface area contributed by atoms with Crippen LogP contribution in [0, 0.1) is 13.8 Å². The third-order valence-electron chi connectivity index (χ3n) is 3.93. The maximum absolute atomic E-state index is 12.1. The molecule has 1 amide bonds. The van der Waals surface area contributed by atoms with Crippen molar-refractivity contribution < 1.29 is 14.3 Å². The molecule has 0 fully saturated rings. The zero-order chi connectivity index (χ0) is 17.1. The average molecular weight is 323 g/mol. The summed E-state index contributed by atoms with van der Waals surface area (Å²) in [6, 6.07) is 11.8. The van der Waals surface area contributed by atoms with Gasteiger partial charge in [-0.2, -0.15) is 0 Å². The van der Waals surface area contributed by atoms with Gasteiger partial charge in [0.15, 0.2) is 11.5 Å². The van der Waals surface area contributed by atoms with Gasteiger partial charge in [0.25, 0.3) is 0 Å². The highest BCUT2D eigenvalue weighted by atomic mass is 16.7. The van der Waals surface area contributed by atoms with Gasteiger partial charge in [-0.15, -0.1) is 0 Å². The molecule has 1 atom stereocenters. The molecule has 1 aliphatic rings. The first-order chi connectivity index (χ1) is 11.5. The normalized spacial score (nSPS) is 14.0. The second-order valence-corrected chi connectivity index (χ2v) is 6.10. The average Bonchev–Trinajstić information content (AvgIpc) is 2.99. The summed E-state index contributed by atoms with van der Waals surface area (Å²) < 4.78 is 10.7. The second-order valence-electron chi connectivity index (χ2n) is 6.10. The van der Waals surface area contributed by atoms with Gasteiger partial charge in [-0.05, 0) is 50.1 Å². The van der Waals surface area contributed by atoms with E-state index in [1.165, 1.54) is 11.1 Å². The third kappa shape index (κ3) is 3.77. The summed E-state index contributed by atoms with van der Waals surface area (Å²) >= 11 is 0. The number of nitrogens with one attached hydrogen (secondary N) is 1. The van der Waals surface area contributed by atoms with E-state index in [1.807, 2.05) is 45.0 Å². The topological polar surface area (TPSA) is 47.6 Å². The molecular weight excluding hydrogens is 302 g/mol. The number of hydrogen-bond acceptors (Lipinski definition) is 3. The second kappa shape index (κ2) is 6.79. The van der Waals surface area contributed by atoms with Crippen molar-refractivity contribution in [3.05, 3.63) is 64.7 Å². The van der Waals surface area contributed by atoms with E-state index in [1.54, 1.807) is 6.08 Å². The molecule has 1 unspecified atom stereocenters. The zero-order valence-corrected chi connectivity index (χ0v) is 14.1. The van der Waals surface area contributed by atoms with E-state index < -0.39 is 0 Å². The maximum Gasteiger partial charge on any atom is 0.244 e. The molecule has 2 aromatic rings. The van der Waals surface area contributed by atoms with Gasteiger partial charge >= 0.3 is 0 Å². The lowest BCUT2D eigenvalue weighted by atomic mass is 10.1. The number of ether oxygens (including phenoxy) is 2. The van der Waals surface area contributed by atoms with Crippen LogP contribution in [-0.4, -0.2) is 12.7 Å². The molecule has 0 spiro atoms. The monoisotopic (exact) mass is 323 g/mol. The lowest BCUT2D eigenvalue weighted by Gasteiger charge is -2.13. The van der Waals surface area contributed by atoms with Gasteiger partial charge in [0.05, 0.1) is 6.04 Å². The molecule has 3 rings (SSSR count). The molecule has 0 aliphatic carbocycles. The largest absolute Gasteiger partial charge is 0.454 e. The number of carbonyl (C=O) groups excluding carboxylic acids is 1. The SMILES string of the molecule is Cc1cc(C)cc(/C=C/C(=O)NC(C)c2ccc3c(c2)OCO3)c1. The molecule has 4 nitrogen and oxygen atoms in total. The minimum atomic E-state index is -0.126. The van der Waals surface area contributed by atoms with E-state index in [9.17, 15) is 4.79 Å². The molecule has 24 heavy (non-hydrogen) atoms. The Bertz CT molecular complexity index is 775. The molecule has 1 aliphatic heterocycles. The molecule has 0 radical (unpaired) electrons. The van der Waals surface area contributed by atoms with E-state index >= 15 is 0 Å². The molecule has 0 bridgehead atoms. The van der Waals surface area contributed by atoms with Gasteiger partial charge in [-0.1, -0.05) is 35.4 Å². The van der Waals surface area contributed by atoms with Crippen molar-refractivity contribution in [1.29, 1.82) is 0 Å². The highest BCUT2D eigenvalue weighted by molar-refractivity contribution is 5.92. The number of carbonyl (C=O) groups is 1. The van der Waals surface area contributed by atoms with Crippen LogP contribution in [0.3, 0.4) is 0 Å². The van der Waals surface area contributed by atoms with E-state index in [-0.39, 0.29) is 18.7 Å². The Kier molecular flexibility index (Phi) is 4.56. The molecule has 0 aromatic heterocycles. The Hall–Kier alpha value is -2.75. The predicted molar refractivity (Wildman–Crippen MR) is 94.1 cm³/mol. The first kappa shape index (κ1) is 16.1. The van der Waals surface area contributed by atoms with Crippen molar-refractivity contribution in [3.63, 3.8) is 0 Å². The molecule has 1 N–H and O–H groups in total.